The van der Waals surface area contributed by atoms with E-state index in [1.54, 1.807) is 11.0 Å². The number of hydrogen-bond donors (Lipinski definition) is 1. The minimum Gasteiger partial charge on any atom is -0.316 e. The normalized spacial score (nSPS) is 17.4. The van der Waals surface area contributed by atoms with Gasteiger partial charge < -0.3 is 5.32 Å². The Balaban J connectivity index is 1.58. The van der Waals surface area contributed by atoms with Gasteiger partial charge in [0.05, 0.1) is 0 Å². The fourth-order valence-corrected chi connectivity index (χ4v) is 2.22. The molecule has 1 aromatic rings. The summed E-state index contributed by atoms with van der Waals surface area (Å²) in [5.41, 5.74) is 0. The number of rotatable bonds is 5. The lowest BCUT2D eigenvalue weighted by molar-refractivity contribution is 0.489. The number of aryl methyl sites for hydroxylation is 1. The van der Waals surface area contributed by atoms with Gasteiger partial charge in [0.1, 0.15) is 6.33 Å². The van der Waals surface area contributed by atoms with Crippen molar-refractivity contribution in [2.24, 2.45) is 13.0 Å². The highest BCUT2D eigenvalue weighted by atomic mass is 15.3. The largest absolute Gasteiger partial charge is 0.316 e. The van der Waals surface area contributed by atoms with Crippen LogP contribution in [-0.2, 0) is 13.5 Å². The van der Waals surface area contributed by atoms with E-state index >= 15 is 0 Å². The molecule has 1 saturated carbocycles. The van der Waals surface area contributed by atoms with Crippen LogP contribution >= 0.6 is 0 Å². The molecule has 0 radical (unpaired) electrons. The second kappa shape index (κ2) is 5.26. The lowest BCUT2D eigenvalue weighted by atomic mass is 10.1. The minimum atomic E-state index is 0.918. The molecule has 1 N–H and O–H groups in total. The molecule has 1 fully saturated rings. The van der Waals surface area contributed by atoms with E-state index in [0.29, 0.717) is 0 Å². The smallest absolute Gasteiger partial charge is 0.151 e. The average Bonchev–Trinajstić information content (AvgIpc) is 2.84. The zero-order valence-electron chi connectivity index (χ0n) is 9.45. The Morgan fingerprint density at radius 1 is 1.47 bits per heavy atom. The van der Waals surface area contributed by atoms with Gasteiger partial charge in [-0.25, -0.2) is 4.98 Å². The van der Waals surface area contributed by atoms with Gasteiger partial charge >= 0.3 is 0 Å². The van der Waals surface area contributed by atoms with Crippen LogP contribution in [0.25, 0.3) is 0 Å². The Labute approximate surface area is 91.1 Å². The van der Waals surface area contributed by atoms with E-state index in [4.69, 9.17) is 0 Å². The standard InChI is InChI=1S/C11H20N4/c1-15-9-13-11(14-15)6-7-12-8-10-4-2-3-5-10/h9-10,12H,2-8H2,1H3. The predicted octanol–water partition coefficient (Wildman–Crippen LogP) is 1.14. The maximum Gasteiger partial charge on any atom is 0.151 e. The van der Waals surface area contributed by atoms with Crippen LogP contribution in [0.3, 0.4) is 0 Å². The first kappa shape index (κ1) is 10.6. The van der Waals surface area contributed by atoms with E-state index in [9.17, 15) is 0 Å². The van der Waals surface area contributed by atoms with E-state index in [2.05, 4.69) is 15.4 Å². The molecule has 2 rings (SSSR count). The molecular formula is C11H20N4. The summed E-state index contributed by atoms with van der Waals surface area (Å²) in [6.45, 7) is 2.17. The molecule has 0 bridgehead atoms. The lowest BCUT2D eigenvalue weighted by Crippen LogP contribution is -2.23. The fraction of sp³-hybridized carbons (Fsp3) is 0.818. The van der Waals surface area contributed by atoms with Gasteiger partial charge in [0.25, 0.3) is 0 Å². The third-order valence-corrected chi connectivity index (χ3v) is 3.08. The molecule has 4 nitrogen and oxygen atoms in total. The SMILES string of the molecule is Cn1cnc(CCNCC2CCCC2)n1. The van der Waals surface area contributed by atoms with Crippen LogP contribution in [0.15, 0.2) is 6.33 Å². The summed E-state index contributed by atoms with van der Waals surface area (Å²) in [5, 5.41) is 7.74. The van der Waals surface area contributed by atoms with E-state index in [1.807, 2.05) is 7.05 Å². The molecule has 0 aliphatic heterocycles. The summed E-state index contributed by atoms with van der Waals surface area (Å²) >= 11 is 0. The summed E-state index contributed by atoms with van der Waals surface area (Å²) in [7, 11) is 1.91. The van der Waals surface area contributed by atoms with Crippen molar-refractivity contribution in [2.45, 2.75) is 32.1 Å². The third kappa shape index (κ3) is 3.30. The van der Waals surface area contributed by atoms with Gasteiger partial charge in [0, 0.05) is 20.0 Å². The van der Waals surface area contributed by atoms with Crippen LogP contribution in [0.2, 0.25) is 0 Å². The van der Waals surface area contributed by atoms with Crippen molar-refractivity contribution >= 4 is 0 Å². The molecule has 0 amide bonds. The van der Waals surface area contributed by atoms with Gasteiger partial charge in [0.15, 0.2) is 5.82 Å². The maximum atomic E-state index is 4.25. The zero-order chi connectivity index (χ0) is 10.5. The molecule has 4 heteroatoms. The third-order valence-electron chi connectivity index (χ3n) is 3.08. The minimum absolute atomic E-state index is 0.918. The van der Waals surface area contributed by atoms with Crippen LogP contribution < -0.4 is 5.32 Å². The molecule has 84 valence electrons. The van der Waals surface area contributed by atoms with E-state index in [-0.39, 0.29) is 0 Å². The molecule has 1 aliphatic carbocycles. The highest BCUT2D eigenvalue weighted by molar-refractivity contribution is 4.82. The quantitative estimate of drug-likeness (QED) is 0.738. The van der Waals surface area contributed by atoms with Crippen molar-refractivity contribution in [2.75, 3.05) is 13.1 Å². The Bertz CT molecular complexity index is 289. The van der Waals surface area contributed by atoms with Gasteiger partial charge in [-0.05, 0) is 25.3 Å². The van der Waals surface area contributed by atoms with Crippen molar-refractivity contribution in [3.63, 3.8) is 0 Å². The summed E-state index contributed by atoms with van der Waals surface area (Å²) in [6, 6.07) is 0. The molecule has 1 heterocycles. The van der Waals surface area contributed by atoms with Crippen molar-refractivity contribution in [1.82, 2.24) is 20.1 Å². The first-order chi connectivity index (χ1) is 7.34. The van der Waals surface area contributed by atoms with Crippen LogP contribution in [-0.4, -0.2) is 27.9 Å². The van der Waals surface area contributed by atoms with Crippen molar-refractivity contribution in [3.05, 3.63) is 12.2 Å². The average molecular weight is 208 g/mol. The van der Waals surface area contributed by atoms with Gasteiger partial charge in [-0.15, -0.1) is 0 Å². The van der Waals surface area contributed by atoms with Gasteiger partial charge in [-0.3, -0.25) is 4.68 Å². The Morgan fingerprint density at radius 2 is 2.27 bits per heavy atom. The second-order valence-corrected chi connectivity index (χ2v) is 4.44. The van der Waals surface area contributed by atoms with Crippen molar-refractivity contribution < 1.29 is 0 Å². The maximum absolute atomic E-state index is 4.25. The summed E-state index contributed by atoms with van der Waals surface area (Å²) < 4.78 is 1.76. The molecule has 15 heavy (non-hydrogen) atoms. The van der Waals surface area contributed by atoms with Gasteiger partial charge in [-0.2, -0.15) is 5.10 Å². The molecule has 0 spiro atoms. The highest BCUT2D eigenvalue weighted by Gasteiger charge is 2.13. The molecule has 0 atom stereocenters. The topological polar surface area (TPSA) is 42.7 Å². The summed E-state index contributed by atoms with van der Waals surface area (Å²) in [4.78, 5) is 4.20. The second-order valence-electron chi connectivity index (χ2n) is 4.44. The summed E-state index contributed by atoms with van der Waals surface area (Å²) in [6.07, 6.45) is 8.37. The first-order valence-electron chi connectivity index (χ1n) is 5.90. The predicted molar refractivity (Wildman–Crippen MR) is 59.5 cm³/mol. The molecule has 1 aliphatic rings. The van der Waals surface area contributed by atoms with E-state index in [1.165, 1.54) is 32.2 Å². The molecule has 0 unspecified atom stereocenters. The lowest BCUT2D eigenvalue weighted by Gasteiger charge is -2.09. The highest BCUT2D eigenvalue weighted by Crippen LogP contribution is 2.23. The van der Waals surface area contributed by atoms with Crippen molar-refractivity contribution in [3.8, 4) is 0 Å². The van der Waals surface area contributed by atoms with Crippen LogP contribution in [0.1, 0.15) is 31.5 Å². The zero-order valence-corrected chi connectivity index (χ0v) is 9.45. The Hall–Kier alpha value is -0.900. The Morgan fingerprint density at radius 3 is 2.93 bits per heavy atom. The van der Waals surface area contributed by atoms with Gasteiger partial charge in [-0.1, -0.05) is 12.8 Å². The fourth-order valence-electron chi connectivity index (χ4n) is 2.22. The van der Waals surface area contributed by atoms with E-state index < -0.39 is 0 Å². The number of hydrogen-bond acceptors (Lipinski definition) is 3. The molecular weight excluding hydrogens is 188 g/mol. The monoisotopic (exact) mass is 208 g/mol. The number of aromatic nitrogens is 3. The van der Waals surface area contributed by atoms with Crippen LogP contribution in [0.4, 0.5) is 0 Å². The number of nitrogens with zero attached hydrogens (tertiary/aromatic N) is 3. The van der Waals surface area contributed by atoms with Crippen molar-refractivity contribution in [1.29, 1.82) is 0 Å². The number of nitrogens with one attached hydrogen (secondary N) is 1. The summed E-state index contributed by atoms with van der Waals surface area (Å²) in [5.74, 6) is 1.86. The van der Waals surface area contributed by atoms with E-state index in [0.717, 1.165) is 24.7 Å². The Kier molecular flexibility index (Phi) is 3.72. The van der Waals surface area contributed by atoms with Crippen LogP contribution in [0.5, 0.6) is 0 Å². The molecule has 0 aromatic carbocycles. The molecule has 1 aromatic heterocycles. The first-order valence-corrected chi connectivity index (χ1v) is 5.90. The molecule has 0 saturated heterocycles. The van der Waals surface area contributed by atoms with Crippen LogP contribution in [0, 0.1) is 5.92 Å². The van der Waals surface area contributed by atoms with Gasteiger partial charge in [0.2, 0.25) is 0 Å².